The lowest BCUT2D eigenvalue weighted by Crippen LogP contribution is -2.15. The van der Waals surface area contributed by atoms with Crippen LogP contribution in [0.25, 0.3) is 20.4 Å². The highest BCUT2D eigenvalue weighted by atomic mass is 32.1. The van der Waals surface area contributed by atoms with Crippen LogP contribution < -0.4 is 5.56 Å². The van der Waals surface area contributed by atoms with E-state index in [1.165, 1.54) is 34.6 Å². The molecule has 4 rings (SSSR count). The molecule has 3 aromatic heterocycles. The van der Waals surface area contributed by atoms with Gasteiger partial charge in [0.1, 0.15) is 9.53 Å². The predicted octanol–water partition coefficient (Wildman–Crippen LogP) is 3.16. The lowest BCUT2D eigenvalue weighted by molar-refractivity contribution is 0.805. The molecule has 21 heavy (non-hydrogen) atoms. The molecule has 108 valence electrons. The Labute approximate surface area is 126 Å². The minimum Gasteiger partial charge on any atom is -0.301 e. The molecule has 4 nitrogen and oxygen atoms in total. The minimum absolute atomic E-state index is 0.0286. The highest BCUT2D eigenvalue weighted by Crippen LogP contribution is 2.39. The molecule has 0 amide bonds. The normalized spacial score (nSPS) is 14.5. The average Bonchev–Trinajstić information content (AvgIpc) is 3.05. The smallest absolute Gasteiger partial charge is 0.271 e. The Bertz CT molecular complexity index is 936. The van der Waals surface area contributed by atoms with Gasteiger partial charge in [0.15, 0.2) is 0 Å². The Morgan fingerprint density at radius 1 is 1.29 bits per heavy atom. The number of nitrogens with zero attached hydrogens (tertiary/aromatic N) is 3. The van der Waals surface area contributed by atoms with Crippen LogP contribution in [0, 0.1) is 0 Å². The molecule has 0 spiro atoms. The van der Waals surface area contributed by atoms with E-state index in [9.17, 15) is 4.79 Å². The molecule has 5 heteroatoms. The van der Waals surface area contributed by atoms with Crippen LogP contribution in [0.5, 0.6) is 0 Å². The predicted molar refractivity (Wildman–Crippen MR) is 86.3 cm³/mol. The highest BCUT2D eigenvalue weighted by molar-refractivity contribution is 7.25. The summed E-state index contributed by atoms with van der Waals surface area (Å²) in [7, 11) is 1.75. The third-order valence-corrected chi connectivity index (χ3v) is 5.40. The second-order valence-corrected chi connectivity index (χ2v) is 7.08. The summed E-state index contributed by atoms with van der Waals surface area (Å²) in [6.45, 7) is 4.38. The maximum Gasteiger partial charge on any atom is 0.271 e. The first kappa shape index (κ1) is 13.0. The van der Waals surface area contributed by atoms with Crippen molar-refractivity contribution in [2.45, 2.75) is 39.0 Å². The number of aryl methyl sites for hydroxylation is 2. The number of aromatic nitrogens is 3. The fourth-order valence-electron chi connectivity index (χ4n) is 3.34. The summed E-state index contributed by atoms with van der Waals surface area (Å²) in [6.07, 6.45) is 4.98. The van der Waals surface area contributed by atoms with Crippen molar-refractivity contribution in [1.29, 1.82) is 0 Å². The summed E-state index contributed by atoms with van der Waals surface area (Å²) < 4.78 is 2.28. The largest absolute Gasteiger partial charge is 0.301 e. The molecule has 0 radical (unpaired) electrons. The molecule has 0 N–H and O–H groups in total. The van der Waals surface area contributed by atoms with Crippen LogP contribution in [0.4, 0.5) is 0 Å². The van der Waals surface area contributed by atoms with Gasteiger partial charge in [-0.2, -0.15) is 0 Å². The van der Waals surface area contributed by atoms with Crippen LogP contribution in [-0.4, -0.2) is 14.5 Å². The van der Waals surface area contributed by atoms with Gasteiger partial charge in [-0.15, -0.1) is 11.3 Å². The number of pyridine rings is 1. The van der Waals surface area contributed by atoms with Gasteiger partial charge >= 0.3 is 0 Å². The van der Waals surface area contributed by atoms with Gasteiger partial charge in [0.25, 0.3) is 5.56 Å². The van der Waals surface area contributed by atoms with Crippen molar-refractivity contribution in [2.75, 3.05) is 0 Å². The third kappa shape index (κ3) is 1.70. The Morgan fingerprint density at radius 2 is 2.05 bits per heavy atom. The Morgan fingerprint density at radius 3 is 2.81 bits per heavy atom. The van der Waals surface area contributed by atoms with Crippen molar-refractivity contribution in [3.05, 3.63) is 33.5 Å². The van der Waals surface area contributed by atoms with E-state index in [1.807, 2.05) is 0 Å². The van der Waals surface area contributed by atoms with Gasteiger partial charge in [-0.25, -0.2) is 9.97 Å². The molecule has 0 bridgehead atoms. The van der Waals surface area contributed by atoms with Crippen LogP contribution in [0.15, 0.2) is 11.1 Å². The summed E-state index contributed by atoms with van der Waals surface area (Å²) in [5.74, 6) is 0.419. The van der Waals surface area contributed by atoms with Gasteiger partial charge in [-0.1, -0.05) is 13.8 Å². The second kappa shape index (κ2) is 4.37. The minimum atomic E-state index is 0.0286. The van der Waals surface area contributed by atoms with E-state index in [0.29, 0.717) is 5.92 Å². The van der Waals surface area contributed by atoms with Crippen molar-refractivity contribution < 1.29 is 0 Å². The number of fused-ring (bicyclic) bond motifs is 5. The van der Waals surface area contributed by atoms with Crippen LogP contribution in [0.2, 0.25) is 0 Å². The van der Waals surface area contributed by atoms with E-state index in [0.717, 1.165) is 33.3 Å². The van der Waals surface area contributed by atoms with Gasteiger partial charge in [0.05, 0.1) is 11.8 Å². The van der Waals surface area contributed by atoms with E-state index in [1.54, 1.807) is 17.9 Å². The first-order chi connectivity index (χ1) is 10.1. The standard InChI is InChI=1S/C16H17N3OS/c1-8(2)12-10-6-4-5-9(10)11-13-14(21-15(11)18-12)16(20)19(3)7-17-13/h7-8H,4-6H2,1-3H3. The Kier molecular flexibility index (Phi) is 2.70. The molecule has 3 heterocycles. The van der Waals surface area contributed by atoms with Gasteiger partial charge in [0.2, 0.25) is 0 Å². The average molecular weight is 299 g/mol. The zero-order valence-corrected chi connectivity index (χ0v) is 13.3. The zero-order valence-electron chi connectivity index (χ0n) is 12.4. The maximum atomic E-state index is 12.3. The summed E-state index contributed by atoms with van der Waals surface area (Å²) in [6, 6.07) is 0. The van der Waals surface area contributed by atoms with Crippen LogP contribution >= 0.6 is 11.3 Å². The summed E-state index contributed by atoms with van der Waals surface area (Å²) in [4.78, 5) is 22.7. The van der Waals surface area contributed by atoms with Gasteiger partial charge in [-0.3, -0.25) is 4.79 Å². The fourth-order valence-corrected chi connectivity index (χ4v) is 4.49. The van der Waals surface area contributed by atoms with E-state index >= 15 is 0 Å². The monoisotopic (exact) mass is 299 g/mol. The van der Waals surface area contributed by atoms with Gasteiger partial charge < -0.3 is 4.57 Å². The molecule has 3 aromatic rings. The topological polar surface area (TPSA) is 47.8 Å². The molecular weight excluding hydrogens is 282 g/mol. The molecule has 0 unspecified atom stereocenters. The fraction of sp³-hybridized carbons (Fsp3) is 0.438. The SMILES string of the molecule is CC(C)c1nc2sc3c(=O)n(C)cnc3c2c2c1CCC2. The highest BCUT2D eigenvalue weighted by Gasteiger charge is 2.24. The molecule has 0 aliphatic heterocycles. The molecule has 1 aliphatic rings. The molecule has 0 saturated carbocycles. The van der Waals surface area contributed by atoms with E-state index in [2.05, 4.69) is 18.8 Å². The Hall–Kier alpha value is -1.75. The molecule has 0 atom stereocenters. The van der Waals surface area contributed by atoms with E-state index in [-0.39, 0.29) is 5.56 Å². The van der Waals surface area contributed by atoms with Crippen LogP contribution in [0.1, 0.15) is 43.0 Å². The lowest BCUT2D eigenvalue weighted by atomic mass is 9.99. The molecule has 0 saturated heterocycles. The molecule has 0 fully saturated rings. The molecule has 1 aliphatic carbocycles. The third-order valence-electron chi connectivity index (χ3n) is 4.34. The van der Waals surface area contributed by atoms with Crippen molar-refractivity contribution in [2.24, 2.45) is 7.05 Å². The number of hydrogen-bond donors (Lipinski definition) is 0. The van der Waals surface area contributed by atoms with E-state index in [4.69, 9.17) is 4.98 Å². The van der Waals surface area contributed by atoms with Crippen LogP contribution in [0.3, 0.4) is 0 Å². The lowest BCUT2D eigenvalue weighted by Gasteiger charge is -2.11. The molecule has 0 aromatic carbocycles. The first-order valence-electron chi connectivity index (χ1n) is 7.37. The number of rotatable bonds is 1. The number of hydrogen-bond acceptors (Lipinski definition) is 4. The molecular formula is C16H17N3OS. The van der Waals surface area contributed by atoms with Crippen molar-refractivity contribution in [3.63, 3.8) is 0 Å². The zero-order chi connectivity index (χ0) is 14.7. The Balaban J connectivity index is 2.22. The number of thiophene rings is 1. The summed E-state index contributed by atoms with van der Waals surface area (Å²) in [5.41, 5.74) is 4.87. The quantitative estimate of drug-likeness (QED) is 0.693. The van der Waals surface area contributed by atoms with Crippen molar-refractivity contribution in [3.8, 4) is 0 Å². The maximum absolute atomic E-state index is 12.3. The summed E-state index contributed by atoms with van der Waals surface area (Å²) >= 11 is 1.49. The first-order valence-corrected chi connectivity index (χ1v) is 8.19. The van der Waals surface area contributed by atoms with Crippen molar-refractivity contribution >= 4 is 31.8 Å². The van der Waals surface area contributed by atoms with Gasteiger partial charge in [-0.05, 0) is 36.3 Å². The second-order valence-electron chi connectivity index (χ2n) is 6.08. The van der Waals surface area contributed by atoms with Gasteiger partial charge in [0, 0.05) is 18.1 Å². The van der Waals surface area contributed by atoms with Crippen molar-refractivity contribution in [1.82, 2.24) is 14.5 Å². The van der Waals surface area contributed by atoms with Crippen LogP contribution in [-0.2, 0) is 19.9 Å². The van der Waals surface area contributed by atoms with E-state index < -0.39 is 0 Å². The summed E-state index contributed by atoms with van der Waals surface area (Å²) in [5, 5.41) is 1.13.